The van der Waals surface area contributed by atoms with Crippen molar-refractivity contribution in [1.29, 1.82) is 0 Å². The monoisotopic (exact) mass is 294 g/mol. The molecule has 0 bridgehead atoms. The maximum absolute atomic E-state index is 6.29. The second-order valence-corrected chi connectivity index (χ2v) is 5.83. The maximum Gasteiger partial charge on any atom is 0.139 e. The summed E-state index contributed by atoms with van der Waals surface area (Å²) >= 11 is 6.29. The maximum atomic E-state index is 6.29. The van der Waals surface area contributed by atoms with E-state index in [4.69, 9.17) is 16.3 Å². The van der Waals surface area contributed by atoms with Crippen molar-refractivity contribution in [2.45, 2.75) is 13.8 Å². The fourth-order valence-electron chi connectivity index (χ4n) is 2.43. The number of anilines is 1. The zero-order chi connectivity index (χ0) is 14.7. The Labute approximate surface area is 126 Å². The normalized spacial score (nSPS) is 15.6. The molecule has 110 valence electrons. The highest BCUT2D eigenvalue weighted by atomic mass is 35.5. The summed E-state index contributed by atoms with van der Waals surface area (Å²) in [7, 11) is 1.65. The topological polar surface area (TPSA) is 24.5 Å². The smallest absolute Gasteiger partial charge is 0.139 e. The minimum atomic E-state index is 0.390. The van der Waals surface area contributed by atoms with Crippen molar-refractivity contribution in [3.05, 3.63) is 29.3 Å². The second-order valence-electron chi connectivity index (χ2n) is 5.42. The quantitative estimate of drug-likeness (QED) is 0.921. The number of hydrogen-bond donors (Lipinski definition) is 1. The van der Waals surface area contributed by atoms with Crippen molar-refractivity contribution in [1.82, 2.24) is 5.32 Å². The van der Waals surface area contributed by atoms with Crippen molar-refractivity contribution in [2.24, 2.45) is 5.92 Å². The van der Waals surface area contributed by atoms with Crippen LogP contribution in [0.15, 0.2) is 18.7 Å². The van der Waals surface area contributed by atoms with Crippen LogP contribution in [-0.2, 0) is 0 Å². The van der Waals surface area contributed by atoms with Crippen molar-refractivity contribution >= 4 is 22.9 Å². The van der Waals surface area contributed by atoms with Crippen molar-refractivity contribution in [3.8, 4) is 5.75 Å². The molecule has 0 saturated carbocycles. The molecule has 1 aliphatic heterocycles. The Kier molecular flexibility index (Phi) is 4.95. The molecule has 4 heteroatoms. The van der Waals surface area contributed by atoms with Crippen LogP contribution in [0.3, 0.4) is 0 Å². The molecule has 0 aliphatic carbocycles. The number of hydrogen-bond acceptors (Lipinski definition) is 3. The molecule has 20 heavy (non-hydrogen) atoms. The van der Waals surface area contributed by atoms with E-state index in [1.807, 2.05) is 12.1 Å². The fourth-order valence-corrected chi connectivity index (χ4v) is 2.68. The SMILES string of the molecule is C=C(c1cc(Cl)c(OC)cc1N1CCNCC1)C(C)C. The molecule has 1 fully saturated rings. The highest BCUT2D eigenvalue weighted by Crippen LogP contribution is 2.38. The molecular weight excluding hydrogens is 272 g/mol. The van der Waals surface area contributed by atoms with E-state index in [2.05, 4.69) is 30.6 Å². The number of nitrogens with zero attached hydrogens (tertiary/aromatic N) is 1. The number of ether oxygens (including phenoxy) is 1. The van der Waals surface area contributed by atoms with Gasteiger partial charge in [-0.1, -0.05) is 32.0 Å². The third kappa shape index (κ3) is 3.10. The number of methoxy groups -OCH3 is 1. The first kappa shape index (κ1) is 15.2. The summed E-state index contributed by atoms with van der Waals surface area (Å²) in [5.74, 6) is 1.11. The van der Waals surface area contributed by atoms with E-state index in [0.29, 0.717) is 10.9 Å². The number of rotatable bonds is 4. The molecule has 1 aromatic carbocycles. The molecule has 2 rings (SSSR count). The number of nitrogens with one attached hydrogen (secondary N) is 1. The summed E-state index contributed by atoms with van der Waals surface area (Å²) < 4.78 is 5.37. The van der Waals surface area contributed by atoms with Crippen LogP contribution in [0.5, 0.6) is 5.75 Å². The van der Waals surface area contributed by atoms with Crippen LogP contribution in [-0.4, -0.2) is 33.3 Å². The summed E-state index contributed by atoms with van der Waals surface area (Å²) in [6.45, 7) is 12.5. The Balaban J connectivity index is 2.47. The highest BCUT2D eigenvalue weighted by molar-refractivity contribution is 6.32. The van der Waals surface area contributed by atoms with Gasteiger partial charge < -0.3 is 15.0 Å². The Morgan fingerprint density at radius 2 is 2.00 bits per heavy atom. The van der Waals surface area contributed by atoms with E-state index in [-0.39, 0.29) is 0 Å². The molecule has 1 aliphatic rings. The lowest BCUT2D eigenvalue weighted by molar-refractivity contribution is 0.415. The lowest BCUT2D eigenvalue weighted by atomic mass is 9.94. The van der Waals surface area contributed by atoms with E-state index >= 15 is 0 Å². The standard InChI is InChI=1S/C16H23ClN2O/c1-11(2)12(3)13-9-14(17)16(20-4)10-15(13)19-7-5-18-6-8-19/h9-11,18H,3,5-8H2,1-2,4H3. The summed E-state index contributed by atoms with van der Waals surface area (Å²) in [5.41, 5.74) is 3.42. The molecular formula is C16H23ClN2O. The molecule has 1 N–H and O–H groups in total. The van der Waals surface area contributed by atoms with Crippen LogP contribution in [0.4, 0.5) is 5.69 Å². The molecule has 3 nitrogen and oxygen atoms in total. The van der Waals surface area contributed by atoms with Crippen LogP contribution >= 0.6 is 11.6 Å². The zero-order valence-electron chi connectivity index (χ0n) is 12.5. The van der Waals surface area contributed by atoms with Gasteiger partial charge in [0.15, 0.2) is 0 Å². The summed E-state index contributed by atoms with van der Waals surface area (Å²) in [6, 6.07) is 4.02. The molecule has 1 heterocycles. The van der Waals surface area contributed by atoms with Crippen molar-refractivity contribution < 1.29 is 4.74 Å². The van der Waals surface area contributed by atoms with Gasteiger partial charge in [-0.05, 0) is 17.6 Å². The van der Waals surface area contributed by atoms with Gasteiger partial charge in [-0.2, -0.15) is 0 Å². The molecule has 0 atom stereocenters. The van der Waals surface area contributed by atoms with Crippen LogP contribution in [0.25, 0.3) is 5.57 Å². The predicted molar refractivity (Wildman–Crippen MR) is 87.0 cm³/mol. The summed E-state index contributed by atoms with van der Waals surface area (Å²) in [5, 5.41) is 4.02. The molecule has 0 radical (unpaired) electrons. The minimum Gasteiger partial charge on any atom is -0.495 e. The summed E-state index contributed by atoms with van der Waals surface area (Å²) in [6.07, 6.45) is 0. The Hall–Kier alpha value is -1.19. The number of halogens is 1. The summed E-state index contributed by atoms with van der Waals surface area (Å²) in [4.78, 5) is 2.37. The lowest BCUT2D eigenvalue weighted by Gasteiger charge is -2.32. The molecule has 1 aromatic rings. The minimum absolute atomic E-state index is 0.390. The van der Waals surface area contributed by atoms with E-state index in [1.165, 1.54) is 5.69 Å². The van der Waals surface area contributed by atoms with Crippen molar-refractivity contribution in [3.63, 3.8) is 0 Å². The predicted octanol–water partition coefficient (Wildman–Crippen LogP) is 3.43. The lowest BCUT2D eigenvalue weighted by Crippen LogP contribution is -2.43. The van der Waals surface area contributed by atoms with Crippen LogP contribution in [0, 0.1) is 5.92 Å². The second kappa shape index (κ2) is 6.51. The van der Waals surface area contributed by atoms with Gasteiger partial charge in [0.1, 0.15) is 5.75 Å². The van der Waals surface area contributed by atoms with Crippen LogP contribution in [0.2, 0.25) is 5.02 Å². The number of piperazine rings is 1. The molecule has 0 amide bonds. The van der Waals surface area contributed by atoms with E-state index in [0.717, 1.165) is 43.1 Å². The van der Waals surface area contributed by atoms with E-state index < -0.39 is 0 Å². The fraction of sp³-hybridized carbons (Fsp3) is 0.500. The molecule has 0 spiro atoms. The Morgan fingerprint density at radius 1 is 1.35 bits per heavy atom. The number of allylic oxidation sites excluding steroid dienone is 1. The zero-order valence-corrected chi connectivity index (χ0v) is 13.3. The van der Waals surface area contributed by atoms with E-state index in [9.17, 15) is 0 Å². The van der Waals surface area contributed by atoms with Gasteiger partial charge in [-0.15, -0.1) is 0 Å². The van der Waals surface area contributed by atoms with Gasteiger partial charge in [0.2, 0.25) is 0 Å². The molecule has 0 aromatic heterocycles. The van der Waals surface area contributed by atoms with Gasteiger partial charge in [0.25, 0.3) is 0 Å². The van der Waals surface area contributed by atoms with Gasteiger partial charge in [-0.3, -0.25) is 0 Å². The average molecular weight is 295 g/mol. The first-order chi connectivity index (χ1) is 9.54. The molecule has 1 saturated heterocycles. The average Bonchev–Trinajstić information content (AvgIpc) is 2.47. The van der Waals surface area contributed by atoms with Crippen LogP contribution < -0.4 is 15.0 Å². The first-order valence-corrected chi connectivity index (χ1v) is 7.44. The van der Waals surface area contributed by atoms with Crippen molar-refractivity contribution in [2.75, 3.05) is 38.2 Å². The highest BCUT2D eigenvalue weighted by Gasteiger charge is 2.19. The Bertz CT molecular complexity index is 493. The third-order valence-electron chi connectivity index (χ3n) is 3.77. The largest absolute Gasteiger partial charge is 0.495 e. The van der Waals surface area contributed by atoms with Gasteiger partial charge in [-0.25, -0.2) is 0 Å². The first-order valence-electron chi connectivity index (χ1n) is 7.07. The van der Waals surface area contributed by atoms with Crippen LogP contribution in [0.1, 0.15) is 19.4 Å². The van der Waals surface area contributed by atoms with E-state index in [1.54, 1.807) is 7.11 Å². The Morgan fingerprint density at radius 3 is 2.55 bits per heavy atom. The number of benzene rings is 1. The van der Waals surface area contributed by atoms with Gasteiger partial charge >= 0.3 is 0 Å². The van der Waals surface area contributed by atoms with Gasteiger partial charge in [0, 0.05) is 43.5 Å². The molecule has 0 unspecified atom stereocenters. The third-order valence-corrected chi connectivity index (χ3v) is 4.07. The van der Waals surface area contributed by atoms with Gasteiger partial charge in [0.05, 0.1) is 12.1 Å².